The molecule has 0 saturated carbocycles. The van der Waals surface area contributed by atoms with Crippen LogP contribution in [0.4, 0.5) is 5.69 Å². The molecule has 3 N–H and O–H groups in total. The maximum absolute atomic E-state index is 12.7. The second-order valence-corrected chi connectivity index (χ2v) is 8.00. The van der Waals surface area contributed by atoms with Crippen LogP contribution in [0.3, 0.4) is 0 Å². The Morgan fingerprint density at radius 1 is 1.07 bits per heavy atom. The SMILES string of the molecule is CC(=O)c1cccc(NC(=O)[C@@H](C)[NH+]2CC[NH+](Cc3ccc(Cl)cc3)CC2)c1. The number of carbonyl (C=O) groups excluding carboxylic acids is 2. The van der Waals surface area contributed by atoms with Crippen molar-refractivity contribution < 1.29 is 19.4 Å². The quantitative estimate of drug-likeness (QED) is 0.629. The molecule has 0 aromatic heterocycles. The number of ketones is 1. The largest absolute Gasteiger partial charge is 0.322 e. The lowest BCUT2D eigenvalue weighted by Crippen LogP contribution is -3.29. The van der Waals surface area contributed by atoms with Gasteiger partial charge in [-0.15, -0.1) is 0 Å². The summed E-state index contributed by atoms with van der Waals surface area (Å²) >= 11 is 5.96. The van der Waals surface area contributed by atoms with Crippen molar-refractivity contribution in [3.05, 3.63) is 64.7 Å². The van der Waals surface area contributed by atoms with Crippen molar-refractivity contribution in [2.45, 2.75) is 26.4 Å². The summed E-state index contributed by atoms with van der Waals surface area (Å²) in [6.07, 6.45) is 0. The highest BCUT2D eigenvalue weighted by molar-refractivity contribution is 6.30. The Labute approximate surface area is 171 Å². The first-order chi connectivity index (χ1) is 13.4. The van der Waals surface area contributed by atoms with E-state index in [9.17, 15) is 9.59 Å². The van der Waals surface area contributed by atoms with E-state index in [1.807, 2.05) is 25.1 Å². The van der Waals surface area contributed by atoms with Crippen molar-refractivity contribution in [3.8, 4) is 0 Å². The fourth-order valence-corrected chi connectivity index (χ4v) is 3.80. The van der Waals surface area contributed by atoms with Gasteiger partial charge in [-0.25, -0.2) is 0 Å². The van der Waals surface area contributed by atoms with Crippen molar-refractivity contribution in [3.63, 3.8) is 0 Å². The number of nitrogens with one attached hydrogen (secondary N) is 3. The minimum Gasteiger partial charge on any atom is -0.322 e. The molecular formula is C22H28ClN3O2+2. The molecule has 1 atom stereocenters. The van der Waals surface area contributed by atoms with Gasteiger partial charge in [-0.1, -0.05) is 35.9 Å². The highest BCUT2D eigenvalue weighted by atomic mass is 35.5. The third kappa shape index (κ3) is 5.41. The summed E-state index contributed by atoms with van der Waals surface area (Å²) < 4.78 is 0. The first-order valence-electron chi connectivity index (χ1n) is 9.77. The van der Waals surface area contributed by atoms with Crippen LogP contribution in [0.1, 0.15) is 29.8 Å². The molecule has 2 aromatic carbocycles. The second kappa shape index (κ2) is 9.32. The van der Waals surface area contributed by atoms with Gasteiger partial charge in [0.1, 0.15) is 32.7 Å². The number of hydrogen-bond donors (Lipinski definition) is 3. The van der Waals surface area contributed by atoms with Crippen LogP contribution in [0.2, 0.25) is 5.02 Å². The van der Waals surface area contributed by atoms with Crippen molar-refractivity contribution in [2.75, 3.05) is 31.5 Å². The van der Waals surface area contributed by atoms with Crippen LogP contribution in [0.25, 0.3) is 0 Å². The molecule has 0 bridgehead atoms. The summed E-state index contributed by atoms with van der Waals surface area (Å²) in [7, 11) is 0. The van der Waals surface area contributed by atoms with Gasteiger partial charge in [-0.3, -0.25) is 9.59 Å². The molecule has 148 valence electrons. The minimum absolute atomic E-state index is 0.00291. The maximum Gasteiger partial charge on any atom is 0.282 e. The van der Waals surface area contributed by atoms with Gasteiger partial charge >= 0.3 is 0 Å². The number of rotatable bonds is 6. The molecule has 1 aliphatic heterocycles. The molecule has 0 spiro atoms. The predicted octanol–water partition coefficient (Wildman–Crippen LogP) is 0.853. The van der Waals surface area contributed by atoms with Gasteiger partial charge in [-0.05, 0) is 38.1 Å². The monoisotopic (exact) mass is 401 g/mol. The number of anilines is 1. The zero-order valence-electron chi connectivity index (χ0n) is 16.4. The third-order valence-electron chi connectivity index (χ3n) is 5.51. The first-order valence-corrected chi connectivity index (χ1v) is 10.1. The van der Waals surface area contributed by atoms with Crippen LogP contribution in [0.5, 0.6) is 0 Å². The lowest BCUT2D eigenvalue weighted by Gasteiger charge is -2.32. The Balaban J connectivity index is 1.50. The number of quaternary nitrogens is 2. The van der Waals surface area contributed by atoms with Crippen LogP contribution >= 0.6 is 11.6 Å². The summed E-state index contributed by atoms with van der Waals surface area (Å²) in [4.78, 5) is 27.0. The highest BCUT2D eigenvalue weighted by Gasteiger charge is 2.31. The average Bonchev–Trinajstić information content (AvgIpc) is 2.70. The fourth-order valence-electron chi connectivity index (χ4n) is 3.68. The standard InChI is InChI=1S/C22H26ClN3O2/c1-16(22(28)24-21-5-3-4-19(14-21)17(2)27)26-12-10-25(11-13-26)15-18-6-8-20(23)9-7-18/h3-9,14,16H,10-13,15H2,1-2H3,(H,24,28)/p+2/t16-/m1/s1. The molecule has 1 heterocycles. The normalized spacial score (nSPS) is 20.4. The molecule has 6 heteroatoms. The topological polar surface area (TPSA) is 55.0 Å². The summed E-state index contributed by atoms with van der Waals surface area (Å²) in [5, 5.41) is 3.72. The van der Waals surface area contributed by atoms with Crippen LogP contribution in [-0.2, 0) is 11.3 Å². The van der Waals surface area contributed by atoms with Crippen molar-refractivity contribution >= 4 is 29.0 Å². The van der Waals surface area contributed by atoms with Crippen molar-refractivity contribution in [1.82, 2.24) is 0 Å². The minimum atomic E-state index is -0.127. The number of amides is 1. The number of hydrogen-bond acceptors (Lipinski definition) is 2. The van der Waals surface area contributed by atoms with E-state index >= 15 is 0 Å². The van der Waals surface area contributed by atoms with E-state index in [2.05, 4.69) is 17.4 Å². The number of carbonyl (C=O) groups is 2. The summed E-state index contributed by atoms with van der Waals surface area (Å²) in [6.45, 7) is 8.49. The number of benzene rings is 2. The van der Waals surface area contributed by atoms with Crippen LogP contribution in [0, 0.1) is 0 Å². The molecule has 0 unspecified atom stereocenters. The van der Waals surface area contributed by atoms with E-state index in [-0.39, 0.29) is 17.7 Å². The average molecular weight is 402 g/mol. The smallest absolute Gasteiger partial charge is 0.282 e. The van der Waals surface area contributed by atoms with Crippen molar-refractivity contribution in [1.29, 1.82) is 0 Å². The molecule has 1 fully saturated rings. The lowest BCUT2D eigenvalue weighted by molar-refractivity contribution is -1.02. The zero-order valence-corrected chi connectivity index (χ0v) is 17.2. The third-order valence-corrected chi connectivity index (χ3v) is 5.76. The predicted molar refractivity (Wildman–Crippen MR) is 111 cm³/mol. The van der Waals surface area contributed by atoms with Gasteiger partial charge < -0.3 is 15.1 Å². The number of piperazine rings is 1. The van der Waals surface area contributed by atoms with E-state index in [0.29, 0.717) is 11.3 Å². The molecule has 1 saturated heterocycles. The lowest BCUT2D eigenvalue weighted by atomic mass is 10.1. The second-order valence-electron chi connectivity index (χ2n) is 7.56. The van der Waals surface area contributed by atoms with Crippen LogP contribution < -0.4 is 15.1 Å². The maximum atomic E-state index is 12.7. The molecule has 28 heavy (non-hydrogen) atoms. The Morgan fingerprint density at radius 3 is 2.39 bits per heavy atom. The molecular weight excluding hydrogens is 374 g/mol. The molecule has 5 nitrogen and oxygen atoms in total. The summed E-state index contributed by atoms with van der Waals surface area (Å²) in [5.41, 5.74) is 2.58. The molecule has 0 aliphatic carbocycles. The van der Waals surface area contributed by atoms with E-state index < -0.39 is 0 Å². The number of Topliss-reactive ketones (excluding diaryl/α,β-unsaturated/α-hetero) is 1. The molecule has 1 aliphatic rings. The van der Waals surface area contributed by atoms with Gasteiger partial charge in [0.05, 0.1) is 0 Å². The molecule has 1 amide bonds. The first kappa shape index (κ1) is 20.5. The number of halogens is 1. The van der Waals surface area contributed by atoms with Crippen LogP contribution in [0.15, 0.2) is 48.5 Å². The van der Waals surface area contributed by atoms with E-state index in [0.717, 1.165) is 37.7 Å². The van der Waals surface area contributed by atoms with Gasteiger partial charge in [0.2, 0.25) is 0 Å². The Kier molecular flexibility index (Phi) is 6.83. The van der Waals surface area contributed by atoms with E-state index in [1.165, 1.54) is 22.3 Å². The van der Waals surface area contributed by atoms with Gasteiger partial charge in [0.25, 0.3) is 5.91 Å². The summed E-state index contributed by atoms with van der Waals surface area (Å²) in [5.74, 6) is -0.00795. The van der Waals surface area contributed by atoms with Gasteiger partial charge in [0, 0.05) is 21.8 Å². The molecule has 2 aromatic rings. The van der Waals surface area contributed by atoms with E-state index in [4.69, 9.17) is 11.6 Å². The van der Waals surface area contributed by atoms with Crippen LogP contribution in [-0.4, -0.2) is 43.9 Å². The highest BCUT2D eigenvalue weighted by Crippen LogP contribution is 2.11. The Hall–Kier alpha value is -2.21. The molecule has 0 radical (unpaired) electrons. The fraction of sp³-hybridized carbons (Fsp3) is 0.364. The van der Waals surface area contributed by atoms with E-state index in [1.54, 1.807) is 18.2 Å². The zero-order chi connectivity index (χ0) is 20.1. The summed E-state index contributed by atoms with van der Waals surface area (Å²) in [6, 6.07) is 15.0. The Bertz CT molecular complexity index is 830. The van der Waals surface area contributed by atoms with Crippen molar-refractivity contribution in [2.24, 2.45) is 0 Å². The Morgan fingerprint density at radius 2 is 1.75 bits per heavy atom. The van der Waals surface area contributed by atoms with Gasteiger partial charge in [-0.2, -0.15) is 0 Å². The molecule has 3 rings (SSSR count). The van der Waals surface area contributed by atoms with Gasteiger partial charge in [0.15, 0.2) is 11.8 Å².